The second kappa shape index (κ2) is 10.4. The summed E-state index contributed by atoms with van der Waals surface area (Å²) in [5.74, 6) is 0. The molecule has 0 amide bonds. The van der Waals surface area contributed by atoms with Crippen LogP contribution in [0.4, 0.5) is 17.1 Å². The molecular weight excluding hydrogens is 498 g/mol. The highest BCUT2D eigenvalue weighted by atomic mass is 15.2. The molecule has 0 radical (unpaired) electrons. The minimum Gasteiger partial charge on any atom is -0.355 e. The van der Waals surface area contributed by atoms with E-state index in [9.17, 15) is 0 Å². The van der Waals surface area contributed by atoms with E-state index in [-0.39, 0.29) is 10.8 Å². The van der Waals surface area contributed by atoms with E-state index in [1.807, 2.05) is 0 Å². The highest BCUT2D eigenvalue weighted by Gasteiger charge is 2.42. The molecule has 6 rings (SSSR count). The fraction of sp³-hybridized carbons (Fsp3) is 0.289. The van der Waals surface area contributed by atoms with Gasteiger partial charge in [-0.05, 0) is 74.1 Å². The van der Waals surface area contributed by atoms with Crippen LogP contribution in [0.15, 0.2) is 126 Å². The van der Waals surface area contributed by atoms with Gasteiger partial charge in [0.1, 0.15) is 7.05 Å². The maximum atomic E-state index is 3.82. The molecule has 1 N–H and O–H groups in total. The van der Waals surface area contributed by atoms with Gasteiger partial charge < -0.3 is 10.2 Å². The average Bonchev–Trinajstić information content (AvgIpc) is 3.29. The van der Waals surface area contributed by atoms with Crippen LogP contribution in [0.1, 0.15) is 58.1 Å². The van der Waals surface area contributed by atoms with Gasteiger partial charge in [-0.25, -0.2) is 0 Å². The third-order valence-corrected chi connectivity index (χ3v) is 9.34. The highest BCUT2D eigenvalue weighted by molar-refractivity contribution is 6.03. The molecule has 0 atom stereocenters. The molecule has 1 aliphatic carbocycles. The van der Waals surface area contributed by atoms with E-state index < -0.39 is 0 Å². The Kier molecular flexibility index (Phi) is 6.85. The van der Waals surface area contributed by atoms with E-state index in [1.165, 1.54) is 50.8 Å². The lowest BCUT2D eigenvalue weighted by atomic mass is 9.81. The van der Waals surface area contributed by atoms with Crippen molar-refractivity contribution in [2.45, 2.75) is 57.8 Å². The van der Waals surface area contributed by atoms with Crippen LogP contribution in [0, 0.1) is 0 Å². The lowest BCUT2D eigenvalue weighted by molar-refractivity contribution is -0.401. The van der Waals surface area contributed by atoms with Crippen molar-refractivity contribution >= 4 is 22.8 Å². The second-order valence-corrected chi connectivity index (χ2v) is 12.6. The molecule has 0 bridgehead atoms. The van der Waals surface area contributed by atoms with Crippen molar-refractivity contribution < 1.29 is 4.58 Å². The number of benzene rings is 3. The topological polar surface area (TPSA) is 18.3 Å². The van der Waals surface area contributed by atoms with E-state index in [4.69, 9.17) is 0 Å². The molecule has 3 aliphatic rings. The molecule has 0 spiro atoms. The Morgan fingerprint density at radius 2 is 1.44 bits per heavy atom. The zero-order valence-electron chi connectivity index (χ0n) is 25.3. The largest absolute Gasteiger partial charge is 0.355 e. The molecule has 3 nitrogen and oxygen atoms in total. The summed E-state index contributed by atoms with van der Waals surface area (Å²) in [5, 5.41) is 3.82. The van der Waals surface area contributed by atoms with Crippen LogP contribution in [0.3, 0.4) is 0 Å². The fourth-order valence-electron chi connectivity index (χ4n) is 7.05. The van der Waals surface area contributed by atoms with Crippen LogP contribution in [0.25, 0.3) is 0 Å². The third-order valence-electron chi connectivity index (χ3n) is 9.34. The number of likely N-dealkylation sites (N-methyl/N-ethyl adjacent to an activating group) is 1. The second-order valence-electron chi connectivity index (χ2n) is 12.6. The molecular formula is C38H42N3+. The molecule has 3 heteroatoms. The van der Waals surface area contributed by atoms with Crippen molar-refractivity contribution in [3.8, 4) is 0 Å². The number of anilines is 2. The van der Waals surface area contributed by atoms with Crippen molar-refractivity contribution in [2.75, 3.05) is 24.3 Å². The predicted octanol–water partition coefficient (Wildman–Crippen LogP) is 9.04. The smallest absolute Gasteiger partial charge is 0.209 e. The average molecular weight is 541 g/mol. The summed E-state index contributed by atoms with van der Waals surface area (Å²) in [5.41, 5.74) is 13.0. The van der Waals surface area contributed by atoms with Gasteiger partial charge in [0.25, 0.3) is 0 Å². The summed E-state index contributed by atoms with van der Waals surface area (Å²) >= 11 is 0. The van der Waals surface area contributed by atoms with Crippen molar-refractivity contribution in [2.24, 2.45) is 0 Å². The lowest BCUT2D eigenvalue weighted by Crippen LogP contribution is -2.26. The summed E-state index contributed by atoms with van der Waals surface area (Å²) in [4.78, 5) is 2.36. The molecule has 0 unspecified atom stereocenters. The van der Waals surface area contributed by atoms with Crippen molar-refractivity contribution in [1.82, 2.24) is 0 Å². The Bertz CT molecular complexity index is 1640. The Morgan fingerprint density at radius 3 is 2.17 bits per heavy atom. The van der Waals surface area contributed by atoms with E-state index in [0.717, 1.165) is 24.9 Å². The first kappa shape index (κ1) is 27.1. The van der Waals surface area contributed by atoms with Crippen molar-refractivity contribution in [1.29, 1.82) is 0 Å². The molecule has 208 valence electrons. The summed E-state index contributed by atoms with van der Waals surface area (Å²) in [6.07, 6.45) is 12.7. The number of rotatable bonds is 5. The van der Waals surface area contributed by atoms with E-state index in [2.05, 4.69) is 160 Å². The number of nitrogens with one attached hydrogen (secondary N) is 1. The minimum atomic E-state index is -0.0408. The molecule has 2 heterocycles. The maximum Gasteiger partial charge on any atom is 0.209 e. The van der Waals surface area contributed by atoms with Crippen LogP contribution in [-0.4, -0.2) is 24.4 Å². The quantitative estimate of drug-likeness (QED) is 0.325. The Labute approximate surface area is 245 Å². The predicted molar refractivity (Wildman–Crippen MR) is 174 cm³/mol. The van der Waals surface area contributed by atoms with Crippen LogP contribution in [0.2, 0.25) is 0 Å². The van der Waals surface area contributed by atoms with Gasteiger partial charge in [0.15, 0.2) is 5.71 Å². The van der Waals surface area contributed by atoms with Crippen LogP contribution < -0.4 is 10.2 Å². The zero-order valence-corrected chi connectivity index (χ0v) is 25.3. The zero-order chi connectivity index (χ0) is 28.8. The van der Waals surface area contributed by atoms with Gasteiger partial charge in [0.05, 0.1) is 5.41 Å². The maximum absolute atomic E-state index is 3.82. The first-order valence-electron chi connectivity index (χ1n) is 14.9. The van der Waals surface area contributed by atoms with Gasteiger partial charge in [-0.2, -0.15) is 4.58 Å². The Hall–Kier alpha value is -4.11. The number of hydrogen-bond donors (Lipinski definition) is 1. The molecule has 0 saturated carbocycles. The van der Waals surface area contributed by atoms with Crippen LogP contribution in [0.5, 0.6) is 0 Å². The van der Waals surface area contributed by atoms with Crippen molar-refractivity contribution in [3.05, 3.63) is 137 Å². The molecule has 41 heavy (non-hydrogen) atoms. The molecule has 0 aromatic heterocycles. The van der Waals surface area contributed by atoms with E-state index in [1.54, 1.807) is 0 Å². The van der Waals surface area contributed by atoms with Crippen molar-refractivity contribution in [3.63, 3.8) is 0 Å². The Balaban J connectivity index is 1.41. The van der Waals surface area contributed by atoms with Gasteiger partial charge in [0, 0.05) is 52.9 Å². The molecule has 2 aliphatic heterocycles. The minimum absolute atomic E-state index is 0.0408. The van der Waals surface area contributed by atoms with Crippen LogP contribution in [-0.2, 0) is 10.8 Å². The molecule has 3 aromatic rings. The van der Waals surface area contributed by atoms with Gasteiger partial charge >= 0.3 is 0 Å². The summed E-state index contributed by atoms with van der Waals surface area (Å²) in [6.45, 7) is 9.34. The number of hydrogen-bond acceptors (Lipinski definition) is 2. The van der Waals surface area contributed by atoms with Gasteiger partial charge in [-0.15, -0.1) is 0 Å². The molecule has 0 saturated heterocycles. The Morgan fingerprint density at radius 1 is 0.756 bits per heavy atom. The SMILES string of the molecule is CN1/C(=C/C=C2\CCCC(/C=C/C3=[N+](C)c4ccccc4C3(C)C)=C2Nc2ccccc2)C(C)(C)c2ccccc21. The van der Waals surface area contributed by atoms with E-state index >= 15 is 0 Å². The fourth-order valence-corrected chi connectivity index (χ4v) is 7.05. The standard InChI is InChI=1S/C38H41N3/c1-37(2)30-19-10-12-21-32(30)40(5)34(37)25-23-27-15-14-16-28(36(27)39-29-17-8-7-9-18-29)24-26-35-38(3,4)31-20-11-13-22-33(31)41(35)6/h7-13,17-26H,14-16H2,1-6H3/p+1/b27-23+,34-25+. The number of para-hydroxylation sites is 3. The first-order valence-corrected chi connectivity index (χ1v) is 14.9. The monoisotopic (exact) mass is 540 g/mol. The lowest BCUT2D eigenvalue weighted by Gasteiger charge is -2.25. The third kappa shape index (κ3) is 4.68. The molecule has 3 aromatic carbocycles. The van der Waals surface area contributed by atoms with Crippen LogP contribution >= 0.6 is 0 Å². The summed E-state index contributed by atoms with van der Waals surface area (Å²) < 4.78 is 2.36. The highest BCUT2D eigenvalue weighted by Crippen LogP contribution is 2.47. The molecule has 0 fully saturated rings. The first-order chi connectivity index (χ1) is 19.7. The van der Waals surface area contributed by atoms with Gasteiger partial charge in [-0.3, -0.25) is 0 Å². The van der Waals surface area contributed by atoms with Gasteiger partial charge in [-0.1, -0.05) is 80.6 Å². The number of allylic oxidation sites excluding steroid dienone is 7. The summed E-state index contributed by atoms with van der Waals surface area (Å²) in [7, 11) is 4.39. The summed E-state index contributed by atoms with van der Waals surface area (Å²) in [6, 6.07) is 28.2. The normalized spacial score (nSPS) is 21.3. The number of fused-ring (bicyclic) bond motifs is 2. The van der Waals surface area contributed by atoms with Gasteiger partial charge in [0.2, 0.25) is 5.69 Å². The number of nitrogens with zero attached hydrogens (tertiary/aromatic N) is 2. The van der Waals surface area contributed by atoms with E-state index in [0.29, 0.717) is 0 Å².